The first-order valence-corrected chi connectivity index (χ1v) is 8.76. The van der Waals surface area contributed by atoms with E-state index in [1.54, 1.807) is 13.0 Å². The Morgan fingerprint density at radius 2 is 1.93 bits per heavy atom. The fourth-order valence-corrected chi connectivity index (χ4v) is 2.60. The van der Waals surface area contributed by atoms with Crippen LogP contribution in [0.15, 0.2) is 36.4 Å². The standard InChI is InChI=1S/C18H16Cl2N2O6/c1-10-3-5-13(8-15(10)22(25)26)21-17(23)9-27-18(24)11(2)28-16-6-4-12(19)7-14(16)20/h3-8,11H,9H2,1-2H3,(H,21,23)/t11-/m1/s1. The number of rotatable bonds is 7. The lowest BCUT2D eigenvalue weighted by atomic mass is 10.2. The van der Waals surface area contributed by atoms with Gasteiger partial charge in [-0.25, -0.2) is 4.79 Å². The molecule has 0 aliphatic carbocycles. The highest BCUT2D eigenvalue weighted by atomic mass is 35.5. The quantitative estimate of drug-likeness (QED) is 0.404. The Bertz CT molecular complexity index is 919. The summed E-state index contributed by atoms with van der Waals surface area (Å²) in [7, 11) is 0. The zero-order valence-corrected chi connectivity index (χ0v) is 16.4. The van der Waals surface area contributed by atoms with E-state index in [9.17, 15) is 19.7 Å². The number of nitrogens with zero attached hydrogens (tertiary/aromatic N) is 1. The van der Waals surface area contributed by atoms with E-state index in [1.165, 1.54) is 37.3 Å². The van der Waals surface area contributed by atoms with Crippen LogP contribution in [0.3, 0.4) is 0 Å². The van der Waals surface area contributed by atoms with E-state index in [4.69, 9.17) is 32.7 Å². The Labute approximate surface area is 170 Å². The van der Waals surface area contributed by atoms with Gasteiger partial charge in [0.2, 0.25) is 0 Å². The summed E-state index contributed by atoms with van der Waals surface area (Å²) in [6, 6.07) is 8.76. The van der Waals surface area contributed by atoms with E-state index in [0.717, 1.165) is 0 Å². The van der Waals surface area contributed by atoms with Gasteiger partial charge in [-0.1, -0.05) is 29.3 Å². The second-order valence-corrected chi connectivity index (χ2v) is 6.59. The van der Waals surface area contributed by atoms with E-state index in [0.29, 0.717) is 10.6 Å². The van der Waals surface area contributed by atoms with Crippen molar-refractivity contribution in [2.75, 3.05) is 11.9 Å². The molecule has 1 N–H and O–H groups in total. The van der Waals surface area contributed by atoms with E-state index in [-0.39, 0.29) is 22.1 Å². The molecular weight excluding hydrogens is 411 g/mol. The third-order valence-corrected chi connectivity index (χ3v) is 4.10. The summed E-state index contributed by atoms with van der Waals surface area (Å²) in [5.41, 5.74) is 0.550. The first kappa shape index (κ1) is 21.5. The number of nitro groups is 1. The van der Waals surface area contributed by atoms with Crippen molar-refractivity contribution in [3.63, 3.8) is 0 Å². The van der Waals surface area contributed by atoms with Crippen molar-refractivity contribution in [2.45, 2.75) is 20.0 Å². The number of carbonyl (C=O) groups is 2. The molecule has 0 unspecified atom stereocenters. The van der Waals surface area contributed by atoms with Gasteiger partial charge in [-0.05, 0) is 38.1 Å². The van der Waals surface area contributed by atoms with E-state index < -0.39 is 29.5 Å². The highest BCUT2D eigenvalue weighted by Gasteiger charge is 2.19. The molecule has 10 heteroatoms. The zero-order valence-electron chi connectivity index (χ0n) is 14.9. The molecule has 0 saturated heterocycles. The predicted molar refractivity (Wildman–Crippen MR) is 104 cm³/mol. The topological polar surface area (TPSA) is 108 Å². The van der Waals surface area contributed by atoms with Crippen LogP contribution in [0, 0.1) is 17.0 Å². The van der Waals surface area contributed by atoms with Gasteiger partial charge < -0.3 is 14.8 Å². The number of ether oxygens (including phenoxy) is 2. The van der Waals surface area contributed by atoms with Crippen LogP contribution >= 0.6 is 23.2 Å². The second-order valence-electron chi connectivity index (χ2n) is 5.75. The molecule has 28 heavy (non-hydrogen) atoms. The lowest BCUT2D eigenvalue weighted by Gasteiger charge is -2.15. The summed E-state index contributed by atoms with van der Waals surface area (Å²) < 4.78 is 10.3. The maximum Gasteiger partial charge on any atom is 0.347 e. The Kier molecular flexibility index (Phi) is 7.19. The minimum atomic E-state index is -1.02. The molecule has 0 bridgehead atoms. The van der Waals surface area contributed by atoms with Gasteiger partial charge in [-0.2, -0.15) is 0 Å². The third-order valence-electron chi connectivity index (χ3n) is 3.56. The smallest absolute Gasteiger partial charge is 0.347 e. The average molecular weight is 427 g/mol. The Morgan fingerprint density at radius 3 is 2.57 bits per heavy atom. The fraction of sp³-hybridized carbons (Fsp3) is 0.222. The molecule has 0 aliphatic heterocycles. The number of benzene rings is 2. The molecule has 2 aromatic carbocycles. The minimum absolute atomic E-state index is 0.128. The lowest BCUT2D eigenvalue weighted by molar-refractivity contribution is -0.385. The van der Waals surface area contributed by atoms with Gasteiger partial charge in [-0.3, -0.25) is 14.9 Å². The molecule has 0 spiro atoms. The molecule has 8 nitrogen and oxygen atoms in total. The van der Waals surface area contributed by atoms with Crippen molar-refractivity contribution in [1.29, 1.82) is 0 Å². The van der Waals surface area contributed by atoms with Crippen LogP contribution in [0.5, 0.6) is 5.75 Å². The van der Waals surface area contributed by atoms with Crippen LogP contribution < -0.4 is 10.1 Å². The fourth-order valence-electron chi connectivity index (χ4n) is 2.14. The normalized spacial score (nSPS) is 11.4. The van der Waals surface area contributed by atoms with Crippen LogP contribution in [-0.4, -0.2) is 29.5 Å². The zero-order chi connectivity index (χ0) is 20.8. The van der Waals surface area contributed by atoms with E-state index >= 15 is 0 Å². The average Bonchev–Trinajstić information content (AvgIpc) is 2.63. The van der Waals surface area contributed by atoms with Gasteiger partial charge in [0.25, 0.3) is 11.6 Å². The van der Waals surface area contributed by atoms with Crippen molar-refractivity contribution in [3.8, 4) is 5.75 Å². The largest absolute Gasteiger partial charge is 0.477 e. The Morgan fingerprint density at radius 1 is 1.21 bits per heavy atom. The number of esters is 1. The van der Waals surface area contributed by atoms with Crippen LogP contribution in [0.1, 0.15) is 12.5 Å². The van der Waals surface area contributed by atoms with Gasteiger partial charge >= 0.3 is 5.97 Å². The summed E-state index contributed by atoms with van der Waals surface area (Å²) in [5, 5.41) is 14.0. The van der Waals surface area contributed by atoms with E-state index in [1.807, 2.05) is 0 Å². The molecule has 0 aliphatic rings. The van der Waals surface area contributed by atoms with Crippen molar-refractivity contribution in [2.24, 2.45) is 0 Å². The first-order chi connectivity index (χ1) is 13.2. The summed E-state index contributed by atoms with van der Waals surface area (Å²) >= 11 is 11.8. The monoisotopic (exact) mass is 426 g/mol. The second kappa shape index (κ2) is 9.38. The van der Waals surface area contributed by atoms with E-state index in [2.05, 4.69) is 5.32 Å². The van der Waals surface area contributed by atoms with Crippen molar-refractivity contribution in [3.05, 3.63) is 62.1 Å². The van der Waals surface area contributed by atoms with Crippen molar-refractivity contribution in [1.82, 2.24) is 0 Å². The van der Waals surface area contributed by atoms with Crippen LogP contribution in [0.4, 0.5) is 11.4 Å². The Hall–Kier alpha value is -2.84. The minimum Gasteiger partial charge on any atom is -0.477 e. The number of hydrogen-bond acceptors (Lipinski definition) is 6. The molecule has 148 valence electrons. The Balaban J connectivity index is 1.89. The molecule has 0 aromatic heterocycles. The van der Waals surface area contributed by atoms with Gasteiger partial charge in [0.1, 0.15) is 5.75 Å². The number of aryl methyl sites for hydroxylation is 1. The highest BCUT2D eigenvalue weighted by molar-refractivity contribution is 6.35. The highest BCUT2D eigenvalue weighted by Crippen LogP contribution is 2.28. The first-order valence-electron chi connectivity index (χ1n) is 8.00. The number of halogens is 2. The molecular formula is C18H16Cl2N2O6. The molecule has 1 amide bonds. The number of nitrogens with one attached hydrogen (secondary N) is 1. The summed E-state index contributed by atoms with van der Waals surface area (Å²) in [5.74, 6) is -1.19. The molecule has 2 rings (SSSR count). The molecule has 0 saturated carbocycles. The van der Waals surface area contributed by atoms with Crippen molar-refractivity contribution < 1.29 is 24.0 Å². The third kappa shape index (κ3) is 5.83. The molecule has 2 aromatic rings. The number of carbonyl (C=O) groups excluding carboxylic acids is 2. The lowest BCUT2D eigenvalue weighted by Crippen LogP contribution is -2.29. The number of nitro benzene ring substituents is 1. The van der Waals surface area contributed by atoms with Crippen molar-refractivity contribution >= 4 is 46.5 Å². The van der Waals surface area contributed by atoms with Crippen LogP contribution in [0.25, 0.3) is 0 Å². The van der Waals surface area contributed by atoms with Crippen LogP contribution in [-0.2, 0) is 14.3 Å². The number of hydrogen-bond donors (Lipinski definition) is 1. The molecule has 0 radical (unpaired) electrons. The van der Waals surface area contributed by atoms with Gasteiger partial charge in [0.15, 0.2) is 12.7 Å². The predicted octanol–water partition coefficient (Wildman–Crippen LogP) is 4.16. The summed E-state index contributed by atoms with van der Waals surface area (Å²) in [4.78, 5) is 34.3. The molecule has 1 atom stereocenters. The molecule has 0 fully saturated rings. The molecule has 0 heterocycles. The number of anilines is 1. The SMILES string of the molecule is Cc1ccc(NC(=O)COC(=O)[C@@H](C)Oc2ccc(Cl)cc2Cl)cc1[N+](=O)[O-]. The number of amides is 1. The van der Waals surface area contributed by atoms with Gasteiger partial charge in [0.05, 0.1) is 9.95 Å². The van der Waals surface area contributed by atoms with Gasteiger partial charge in [0, 0.05) is 22.3 Å². The van der Waals surface area contributed by atoms with Crippen LogP contribution in [0.2, 0.25) is 10.0 Å². The maximum absolute atomic E-state index is 12.0. The summed E-state index contributed by atoms with van der Waals surface area (Å²) in [6.07, 6.45) is -1.02. The summed E-state index contributed by atoms with van der Waals surface area (Å²) in [6.45, 7) is 2.44. The maximum atomic E-state index is 12.0. The van der Waals surface area contributed by atoms with Gasteiger partial charge in [-0.15, -0.1) is 0 Å².